The monoisotopic (exact) mass is 240 g/mol. The van der Waals surface area contributed by atoms with Crippen molar-refractivity contribution in [3.05, 3.63) is 0 Å². The molecule has 0 saturated carbocycles. The van der Waals surface area contributed by atoms with E-state index in [0.29, 0.717) is 0 Å². The van der Waals surface area contributed by atoms with Crippen LogP contribution in [0.15, 0.2) is 0 Å². The predicted molar refractivity (Wildman–Crippen MR) is 50.9 cm³/mol. The Balaban J connectivity index is -0.000000720. The number of carbonyl (C=O) groups is 1. The highest BCUT2D eigenvalue weighted by Crippen LogP contribution is 2.04. The van der Waals surface area contributed by atoms with Gasteiger partial charge in [-0.1, -0.05) is 0 Å². The molecule has 0 aliphatic rings. The predicted octanol–water partition coefficient (Wildman–Crippen LogP) is -5.23. The Morgan fingerprint density at radius 2 is 1.47 bits per heavy atom. The Morgan fingerprint density at radius 1 is 1.07 bits per heavy atom. The summed E-state index contributed by atoms with van der Waals surface area (Å²) in [5.74, 6) is -1.73. The van der Waals surface area contributed by atoms with E-state index in [9.17, 15) is 4.79 Å². The number of carboxylic acid groups (broad SMARTS) is 1. The summed E-state index contributed by atoms with van der Waals surface area (Å²) in [6.45, 7) is -0.843. The van der Waals surface area contributed by atoms with Crippen LogP contribution in [-0.4, -0.2) is 96.2 Å². The minimum Gasteiger partial charge on any atom is -0.479 e. The van der Waals surface area contributed by atoms with Crippen molar-refractivity contribution >= 4 is 29.0 Å². The van der Waals surface area contributed by atoms with E-state index in [1.165, 1.54) is 0 Å². The zero-order chi connectivity index (χ0) is 10.6. The maximum Gasteiger partial charge on any atom is 0.335 e. The van der Waals surface area contributed by atoms with Gasteiger partial charge in [0, 0.05) is 0 Å². The van der Waals surface area contributed by atoms with E-state index >= 15 is 0 Å². The SMILES string of the molecule is O.O=C(O)[C@H](O)[C@@H](O)[C@H](O)[C@H](O)CO.[MgH2]. The van der Waals surface area contributed by atoms with Gasteiger partial charge in [0.2, 0.25) is 0 Å². The third kappa shape index (κ3) is 6.22. The van der Waals surface area contributed by atoms with Crippen LogP contribution in [0.25, 0.3) is 0 Å². The standard InChI is InChI=1S/C6H12O7.Mg.H2O.2H/c7-1-2(8)3(9)4(10)5(11)6(12)13;;;;/h2-5,7-11H,1H2,(H,12,13);;1H2;;/t2-,3-,4+,5-;;;;/m1..../s1. The lowest BCUT2D eigenvalue weighted by molar-refractivity contribution is -0.164. The number of aliphatic carboxylic acids is 1. The fraction of sp³-hybridized carbons (Fsp3) is 0.833. The Kier molecular flexibility index (Phi) is 12.6. The molecule has 9 heteroatoms. The molecule has 0 amide bonds. The molecule has 0 saturated heterocycles. The smallest absolute Gasteiger partial charge is 0.335 e. The molecular formula is C6H16MgO8. The maximum atomic E-state index is 10.1. The lowest BCUT2D eigenvalue weighted by Crippen LogP contribution is -2.48. The highest BCUT2D eigenvalue weighted by molar-refractivity contribution is 5.75. The van der Waals surface area contributed by atoms with Crippen LogP contribution in [0.5, 0.6) is 0 Å². The van der Waals surface area contributed by atoms with Gasteiger partial charge in [-0.05, 0) is 0 Å². The molecule has 0 aliphatic heterocycles. The Hall–Kier alpha value is -0.00377. The van der Waals surface area contributed by atoms with Crippen LogP contribution in [0.3, 0.4) is 0 Å². The molecule has 8 N–H and O–H groups in total. The summed E-state index contributed by atoms with van der Waals surface area (Å²) in [5.41, 5.74) is 0. The maximum absolute atomic E-state index is 10.1. The van der Waals surface area contributed by atoms with E-state index in [1.807, 2.05) is 0 Å². The lowest BCUT2D eigenvalue weighted by atomic mass is 10.0. The van der Waals surface area contributed by atoms with E-state index < -0.39 is 37.0 Å². The summed E-state index contributed by atoms with van der Waals surface area (Å²) >= 11 is 0. The van der Waals surface area contributed by atoms with Gasteiger partial charge in [-0.25, -0.2) is 4.79 Å². The summed E-state index contributed by atoms with van der Waals surface area (Å²) in [7, 11) is 0. The molecule has 90 valence electrons. The van der Waals surface area contributed by atoms with Crippen LogP contribution in [0.2, 0.25) is 0 Å². The van der Waals surface area contributed by atoms with E-state index in [0.717, 1.165) is 0 Å². The van der Waals surface area contributed by atoms with Gasteiger partial charge in [-0.3, -0.25) is 0 Å². The van der Waals surface area contributed by atoms with E-state index in [2.05, 4.69) is 0 Å². The van der Waals surface area contributed by atoms with Crippen LogP contribution < -0.4 is 0 Å². The first kappa shape index (κ1) is 20.4. The number of aliphatic hydroxyl groups is 5. The number of hydrogen-bond donors (Lipinski definition) is 6. The van der Waals surface area contributed by atoms with Gasteiger partial charge in [-0.15, -0.1) is 0 Å². The Labute approximate surface area is 101 Å². The minimum atomic E-state index is -2.20. The molecule has 8 nitrogen and oxygen atoms in total. The van der Waals surface area contributed by atoms with Crippen molar-refractivity contribution in [2.75, 3.05) is 6.61 Å². The zero-order valence-electron chi connectivity index (χ0n) is 7.11. The van der Waals surface area contributed by atoms with Crippen LogP contribution in [0.4, 0.5) is 0 Å². The van der Waals surface area contributed by atoms with Crippen LogP contribution in [-0.2, 0) is 4.79 Å². The number of rotatable bonds is 5. The highest BCUT2D eigenvalue weighted by Gasteiger charge is 2.33. The van der Waals surface area contributed by atoms with Gasteiger partial charge < -0.3 is 36.1 Å². The highest BCUT2D eigenvalue weighted by atomic mass is 24.3. The van der Waals surface area contributed by atoms with Crippen molar-refractivity contribution in [3.63, 3.8) is 0 Å². The molecule has 0 radical (unpaired) electrons. The average molecular weight is 240 g/mol. The largest absolute Gasteiger partial charge is 0.479 e. The first-order valence-electron chi connectivity index (χ1n) is 3.47. The molecule has 0 heterocycles. The van der Waals surface area contributed by atoms with Crippen LogP contribution in [0.1, 0.15) is 0 Å². The summed E-state index contributed by atoms with van der Waals surface area (Å²) in [6, 6.07) is 0. The molecule has 0 aromatic rings. The van der Waals surface area contributed by atoms with Crippen molar-refractivity contribution < 1.29 is 40.9 Å². The van der Waals surface area contributed by atoms with Crippen molar-refractivity contribution in [1.82, 2.24) is 0 Å². The quantitative estimate of drug-likeness (QED) is 0.261. The van der Waals surface area contributed by atoms with Gasteiger partial charge in [0.15, 0.2) is 6.10 Å². The van der Waals surface area contributed by atoms with E-state index in [1.54, 1.807) is 0 Å². The van der Waals surface area contributed by atoms with Crippen molar-refractivity contribution in [3.8, 4) is 0 Å². The third-order valence-electron chi connectivity index (χ3n) is 1.51. The molecule has 0 bridgehead atoms. The third-order valence-corrected chi connectivity index (χ3v) is 1.51. The summed E-state index contributed by atoms with van der Waals surface area (Å²) in [6.07, 6.45) is -7.84. The average Bonchev–Trinajstić information content (AvgIpc) is 2.12. The van der Waals surface area contributed by atoms with Gasteiger partial charge in [0.05, 0.1) is 6.61 Å². The number of aliphatic hydroxyl groups excluding tert-OH is 5. The fourth-order valence-corrected chi connectivity index (χ4v) is 0.668. The number of carboxylic acids is 1. The molecule has 0 spiro atoms. The first-order valence-corrected chi connectivity index (χ1v) is 3.47. The van der Waals surface area contributed by atoms with Gasteiger partial charge in [-0.2, -0.15) is 0 Å². The van der Waals surface area contributed by atoms with Crippen molar-refractivity contribution in [2.24, 2.45) is 0 Å². The fourth-order valence-electron chi connectivity index (χ4n) is 0.668. The first-order chi connectivity index (χ1) is 5.91. The second-order valence-electron chi connectivity index (χ2n) is 2.51. The molecule has 4 atom stereocenters. The van der Waals surface area contributed by atoms with E-state index in [4.69, 9.17) is 30.6 Å². The van der Waals surface area contributed by atoms with E-state index in [-0.39, 0.29) is 28.5 Å². The molecule has 0 aromatic carbocycles. The van der Waals surface area contributed by atoms with Crippen molar-refractivity contribution in [1.29, 1.82) is 0 Å². The molecule has 0 aromatic heterocycles. The van der Waals surface area contributed by atoms with Gasteiger partial charge in [0.1, 0.15) is 18.3 Å². The molecule has 0 rings (SSSR count). The molecule has 0 unspecified atom stereocenters. The Bertz CT molecular complexity index is 177. The van der Waals surface area contributed by atoms with Crippen LogP contribution in [0, 0.1) is 0 Å². The summed E-state index contributed by atoms with van der Waals surface area (Å²) in [4.78, 5) is 10.1. The number of hydrogen-bond acceptors (Lipinski definition) is 6. The summed E-state index contributed by atoms with van der Waals surface area (Å²) < 4.78 is 0. The van der Waals surface area contributed by atoms with Crippen molar-refractivity contribution in [2.45, 2.75) is 24.4 Å². The molecule has 0 aliphatic carbocycles. The molecule has 15 heavy (non-hydrogen) atoms. The normalized spacial score (nSPS) is 17.7. The Morgan fingerprint density at radius 3 is 1.73 bits per heavy atom. The lowest BCUT2D eigenvalue weighted by Gasteiger charge is -2.23. The minimum absolute atomic E-state index is 0. The topological polar surface area (TPSA) is 170 Å². The van der Waals surface area contributed by atoms with Crippen LogP contribution >= 0.6 is 0 Å². The molecular weight excluding hydrogens is 224 g/mol. The van der Waals surface area contributed by atoms with Gasteiger partial charge >= 0.3 is 29.0 Å². The zero-order valence-corrected chi connectivity index (χ0v) is 7.11. The molecule has 0 fully saturated rings. The van der Waals surface area contributed by atoms with Gasteiger partial charge in [0.25, 0.3) is 0 Å². The second-order valence-corrected chi connectivity index (χ2v) is 2.51. The second kappa shape index (κ2) is 9.24. The summed E-state index contributed by atoms with van der Waals surface area (Å²) in [5, 5.41) is 51.8.